The van der Waals surface area contributed by atoms with Crippen molar-refractivity contribution in [3.8, 4) is 0 Å². The highest BCUT2D eigenvalue weighted by Crippen LogP contribution is 2.26. The van der Waals surface area contributed by atoms with E-state index in [4.69, 9.17) is 23.2 Å². The Morgan fingerprint density at radius 1 is 0.951 bits per heavy atom. The van der Waals surface area contributed by atoms with Crippen molar-refractivity contribution in [3.63, 3.8) is 0 Å². The fourth-order valence-corrected chi connectivity index (χ4v) is 6.51. The number of carbonyl (C=O) groups is 2. The first-order valence-electron chi connectivity index (χ1n) is 13.3. The second-order valence-electron chi connectivity index (χ2n) is 10.2. The minimum Gasteiger partial charge on any atom is -0.352 e. The van der Waals surface area contributed by atoms with Crippen LogP contribution in [-0.2, 0) is 32.6 Å². The number of sulfonamides is 1. The van der Waals surface area contributed by atoms with E-state index in [2.05, 4.69) is 27.9 Å². The van der Waals surface area contributed by atoms with Gasteiger partial charge in [-0.1, -0.05) is 72.4 Å². The lowest BCUT2D eigenvalue weighted by Crippen LogP contribution is -2.54. The fourth-order valence-electron chi connectivity index (χ4n) is 4.98. The SMILES string of the molecule is CS(=O)(=O)N(CC(=O)N(Cc1ccc(Cl)c(Cl)c1)C(Cc1ccccc1)C(=O)NC1CCCC1)c1ccc(I)cc1. The first-order chi connectivity index (χ1) is 19.5. The highest BCUT2D eigenvalue weighted by Gasteiger charge is 2.34. The van der Waals surface area contributed by atoms with Crippen LogP contribution in [-0.4, -0.2) is 50.0 Å². The minimum atomic E-state index is -3.82. The normalized spacial score (nSPS) is 14.4. The molecule has 2 amide bonds. The number of halogens is 3. The van der Waals surface area contributed by atoms with Gasteiger partial charge in [-0.3, -0.25) is 13.9 Å². The molecule has 1 aliphatic rings. The van der Waals surface area contributed by atoms with Gasteiger partial charge in [0.05, 0.1) is 22.0 Å². The largest absolute Gasteiger partial charge is 0.352 e. The Morgan fingerprint density at radius 3 is 2.22 bits per heavy atom. The average molecular weight is 728 g/mol. The van der Waals surface area contributed by atoms with Crippen LogP contribution in [0.5, 0.6) is 0 Å². The van der Waals surface area contributed by atoms with Crippen molar-refractivity contribution in [1.82, 2.24) is 10.2 Å². The maximum Gasteiger partial charge on any atom is 0.244 e. The molecule has 0 saturated heterocycles. The van der Waals surface area contributed by atoms with Gasteiger partial charge in [-0.2, -0.15) is 0 Å². The number of carbonyl (C=O) groups excluding carboxylic acids is 2. The molecule has 3 aromatic carbocycles. The van der Waals surface area contributed by atoms with Crippen LogP contribution in [0.4, 0.5) is 5.69 Å². The molecule has 1 fully saturated rings. The summed E-state index contributed by atoms with van der Waals surface area (Å²) < 4.78 is 27.8. The van der Waals surface area contributed by atoms with Gasteiger partial charge in [-0.15, -0.1) is 0 Å². The quantitative estimate of drug-likeness (QED) is 0.244. The lowest BCUT2D eigenvalue weighted by molar-refractivity contribution is -0.140. The second kappa shape index (κ2) is 14.2. The zero-order chi connectivity index (χ0) is 29.6. The Bertz CT molecular complexity index is 1470. The van der Waals surface area contributed by atoms with E-state index in [1.165, 1.54) is 4.90 Å². The first-order valence-corrected chi connectivity index (χ1v) is 17.0. The van der Waals surface area contributed by atoms with Crippen LogP contribution in [0, 0.1) is 3.57 Å². The van der Waals surface area contributed by atoms with Crippen LogP contribution in [0.25, 0.3) is 0 Å². The van der Waals surface area contributed by atoms with E-state index in [0.29, 0.717) is 21.3 Å². The van der Waals surface area contributed by atoms with Crippen LogP contribution in [0.2, 0.25) is 10.0 Å². The van der Waals surface area contributed by atoms with Crippen LogP contribution in [0.1, 0.15) is 36.8 Å². The zero-order valence-electron chi connectivity index (χ0n) is 22.6. The summed E-state index contributed by atoms with van der Waals surface area (Å²) in [7, 11) is -3.82. The molecule has 41 heavy (non-hydrogen) atoms. The highest BCUT2D eigenvalue weighted by molar-refractivity contribution is 14.1. The molecule has 0 heterocycles. The smallest absolute Gasteiger partial charge is 0.244 e. The number of anilines is 1. The highest BCUT2D eigenvalue weighted by atomic mass is 127. The number of hydrogen-bond acceptors (Lipinski definition) is 4. The molecule has 4 rings (SSSR count). The van der Waals surface area contributed by atoms with Gasteiger partial charge in [0.2, 0.25) is 21.8 Å². The lowest BCUT2D eigenvalue weighted by Gasteiger charge is -2.34. The third kappa shape index (κ3) is 8.83. The Hall–Kier alpha value is -2.34. The number of nitrogens with zero attached hydrogens (tertiary/aromatic N) is 2. The maximum absolute atomic E-state index is 14.1. The van der Waals surface area contributed by atoms with E-state index in [-0.39, 0.29) is 24.9 Å². The number of nitrogens with one attached hydrogen (secondary N) is 1. The standard InChI is InChI=1S/C30H32Cl2IN3O4S/c1-41(39,40)36(25-14-12-23(33)13-15-25)20-29(37)35(19-22-11-16-26(31)27(32)17-22)28(18-21-7-3-2-4-8-21)30(38)34-24-9-5-6-10-24/h2-4,7-8,11-17,24,28H,5-6,9-10,18-20H2,1H3,(H,34,38). The Balaban J connectivity index is 1.73. The van der Waals surface area contributed by atoms with Gasteiger partial charge in [-0.25, -0.2) is 8.42 Å². The van der Waals surface area contributed by atoms with E-state index in [0.717, 1.165) is 45.4 Å². The zero-order valence-corrected chi connectivity index (χ0v) is 27.1. The average Bonchev–Trinajstić information content (AvgIpc) is 3.44. The van der Waals surface area contributed by atoms with Crippen molar-refractivity contribution in [2.24, 2.45) is 0 Å². The van der Waals surface area contributed by atoms with Crippen LogP contribution < -0.4 is 9.62 Å². The van der Waals surface area contributed by atoms with E-state index in [1.54, 1.807) is 42.5 Å². The Labute approximate surface area is 265 Å². The van der Waals surface area contributed by atoms with Crippen molar-refractivity contribution in [2.45, 2.75) is 50.7 Å². The number of benzene rings is 3. The van der Waals surface area contributed by atoms with Crippen molar-refractivity contribution in [1.29, 1.82) is 0 Å². The van der Waals surface area contributed by atoms with Crippen LogP contribution in [0.15, 0.2) is 72.8 Å². The molecule has 1 N–H and O–H groups in total. The molecular formula is C30H32Cl2IN3O4S. The van der Waals surface area contributed by atoms with Gasteiger partial charge in [0.1, 0.15) is 12.6 Å². The number of amides is 2. The molecule has 1 atom stereocenters. The van der Waals surface area contributed by atoms with Gasteiger partial charge < -0.3 is 10.2 Å². The Morgan fingerprint density at radius 2 is 1.61 bits per heavy atom. The van der Waals surface area contributed by atoms with E-state index in [9.17, 15) is 18.0 Å². The van der Waals surface area contributed by atoms with Gasteiger partial charge in [-0.05, 0) is 83.0 Å². The van der Waals surface area contributed by atoms with Gasteiger partial charge in [0.15, 0.2) is 0 Å². The van der Waals surface area contributed by atoms with Crippen molar-refractivity contribution >= 4 is 73.3 Å². The van der Waals surface area contributed by atoms with Crippen molar-refractivity contribution < 1.29 is 18.0 Å². The molecule has 1 unspecified atom stereocenters. The predicted molar refractivity (Wildman–Crippen MR) is 173 cm³/mol. The molecular weight excluding hydrogens is 696 g/mol. The summed E-state index contributed by atoms with van der Waals surface area (Å²) in [6.07, 6.45) is 5.18. The number of hydrogen-bond donors (Lipinski definition) is 1. The molecule has 0 spiro atoms. The third-order valence-corrected chi connectivity index (χ3v) is 9.70. The van der Waals surface area contributed by atoms with Gasteiger partial charge in [0, 0.05) is 22.6 Å². The molecule has 1 saturated carbocycles. The minimum absolute atomic E-state index is 0.0373. The second-order valence-corrected chi connectivity index (χ2v) is 14.2. The predicted octanol–water partition coefficient (Wildman–Crippen LogP) is 6.06. The first kappa shape index (κ1) is 31.6. The molecule has 218 valence electrons. The summed E-state index contributed by atoms with van der Waals surface area (Å²) in [6, 6.07) is 20.5. The van der Waals surface area contributed by atoms with Gasteiger partial charge >= 0.3 is 0 Å². The summed E-state index contributed by atoms with van der Waals surface area (Å²) >= 11 is 14.6. The van der Waals surface area contributed by atoms with E-state index < -0.39 is 28.5 Å². The Kier molecular flexibility index (Phi) is 11.0. The molecule has 7 nitrogen and oxygen atoms in total. The summed E-state index contributed by atoms with van der Waals surface area (Å²) in [5.74, 6) is -0.781. The van der Waals surface area contributed by atoms with Crippen LogP contribution >= 0.6 is 45.8 Å². The molecule has 0 bridgehead atoms. The molecule has 3 aromatic rings. The van der Waals surface area contributed by atoms with Crippen molar-refractivity contribution in [2.75, 3.05) is 17.1 Å². The summed E-state index contributed by atoms with van der Waals surface area (Å²) in [4.78, 5) is 29.5. The van der Waals surface area contributed by atoms with Crippen molar-refractivity contribution in [3.05, 3.63) is 97.5 Å². The summed E-state index contributed by atoms with van der Waals surface area (Å²) in [5, 5.41) is 3.84. The summed E-state index contributed by atoms with van der Waals surface area (Å²) in [5.41, 5.74) is 1.91. The van der Waals surface area contributed by atoms with Crippen LogP contribution in [0.3, 0.4) is 0 Å². The molecule has 0 aliphatic heterocycles. The molecule has 0 radical (unpaired) electrons. The number of rotatable bonds is 11. The fraction of sp³-hybridized carbons (Fsp3) is 0.333. The maximum atomic E-state index is 14.1. The van der Waals surface area contributed by atoms with E-state index in [1.807, 2.05) is 30.3 Å². The lowest BCUT2D eigenvalue weighted by atomic mass is 10.0. The molecule has 1 aliphatic carbocycles. The third-order valence-electron chi connectivity index (χ3n) is 7.10. The molecule has 0 aromatic heterocycles. The van der Waals surface area contributed by atoms with Gasteiger partial charge in [0.25, 0.3) is 0 Å². The van der Waals surface area contributed by atoms with E-state index >= 15 is 0 Å². The topological polar surface area (TPSA) is 86.8 Å². The molecule has 11 heteroatoms. The summed E-state index contributed by atoms with van der Waals surface area (Å²) in [6.45, 7) is -0.432. The monoisotopic (exact) mass is 727 g/mol.